The van der Waals surface area contributed by atoms with E-state index in [1.807, 2.05) is 20.8 Å². The van der Waals surface area contributed by atoms with Gasteiger partial charge in [0.25, 0.3) is 0 Å². The van der Waals surface area contributed by atoms with Gasteiger partial charge in [0.2, 0.25) is 0 Å². The molecule has 0 amide bonds. The van der Waals surface area contributed by atoms with E-state index in [4.69, 9.17) is 0 Å². The second-order valence-electron chi connectivity index (χ2n) is 4.41. The Bertz CT molecular complexity index is 358. The third-order valence-corrected chi connectivity index (χ3v) is 2.57. The van der Waals surface area contributed by atoms with E-state index >= 15 is 0 Å². The highest BCUT2D eigenvalue weighted by Gasteiger charge is 2.01. The fourth-order valence-electron chi connectivity index (χ4n) is 1.89. The smallest absolute Gasteiger partial charge is 0.129 e. The molecule has 102 valence electrons. The lowest BCUT2D eigenvalue weighted by Gasteiger charge is -2.05. The molecule has 0 saturated carbocycles. The molecule has 0 unspecified atom stereocenters. The average molecular weight is 249 g/mol. The number of Topliss-reactive ketones (excluding diaryl/α,β-unsaturated/α-hetero) is 1. The molecule has 0 atom stereocenters. The van der Waals surface area contributed by atoms with Crippen LogP contribution in [-0.2, 0) is 17.6 Å². The second-order valence-corrected chi connectivity index (χ2v) is 4.41. The lowest BCUT2D eigenvalue weighted by atomic mass is 10.1. The zero-order chi connectivity index (χ0) is 14.0. The maximum atomic E-state index is 10.8. The third-order valence-electron chi connectivity index (χ3n) is 2.57. The molecule has 2 heteroatoms. The quantitative estimate of drug-likeness (QED) is 0.753. The molecule has 1 rings (SSSR count). The van der Waals surface area contributed by atoms with Crippen LogP contribution in [0.25, 0.3) is 0 Å². The number of rotatable bonds is 6. The molecule has 18 heavy (non-hydrogen) atoms. The first-order valence-corrected chi connectivity index (χ1v) is 7.07. The molecule has 1 aromatic rings. The fourth-order valence-corrected chi connectivity index (χ4v) is 1.89. The van der Waals surface area contributed by atoms with Gasteiger partial charge >= 0.3 is 0 Å². The van der Waals surface area contributed by atoms with Gasteiger partial charge in [0.15, 0.2) is 0 Å². The Balaban J connectivity index is 0.00000137. The summed E-state index contributed by atoms with van der Waals surface area (Å²) >= 11 is 0. The van der Waals surface area contributed by atoms with Gasteiger partial charge in [0, 0.05) is 17.8 Å². The Morgan fingerprint density at radius 2 is 1.89 bits per heavy atom. The minimum atomic E-state index is 0.265. The van der Waals surface area contributed by atoms with Crippen molar-refractivity contribution in [3.8, 4) is 0 Å². The van der Waals surface area contributed by atoms with Crippen molar-refractivity contribution in [3.05, 3.63) is 29.1 Å². The highest BCUT2D eigenvalue weighted by Crippen LogP contribution is 2.10. The summed E-state index contributed by atoms with van der Waals surface area (Å²) in [4.78, 5) is 15.4. The van der Waals surface area contributed by atoms with Crippen LogP contribution in [-0.4, -0.2) is 10.8 Å². The number of aryl methyl sites for hydroxylation is 3. The van der Waals surface area contributed by atoms with E-state index in [0.29, 0.717) is 6.42 Å². The number of nitrogens with zero attached hydrogens (tertiary/aromatic N) is 1. The molecular weight excluding hydrogens is 222 g/mol. The highest BCUT2D eigenvalue weighted by molar-refractivity contribution is 5.75. The van der Waals surface area contributed by atoms with Gasteiger partial charge in [0.1, 0.15) is 5.78 Å². The molecule has 0 aliphatic carbocycles. The summed E-state index contributed by atoms with van der Waals surface area (Å²) in [6.45, 7) is 9.87. The maximum Gasteiger partial charge on any atom is 0.129 e. The number of carbonyl (C=O) groups excluding carboxylic acids is 1. The predicted octanol–water partition coefficient (Wildman–Crippen LogP) is 4.28. The number of aromatic nitrogens is 1. The topological polar surface area (TPSA) is 30.0 Å². The molecule has 0 aromatic carbocycles. The van der Waals surface area contributed by atoms with Crippen molar-refractivity contribution < 1.29 is 4.79 Å². The minimum Gasteiger partial charge on any atom is -0.300 e. The van der Waals surface area contributed by atoms with E-state index in [2.05, 4.69) is 24.0 Å². The molecule has 0 aliphatic heterocycles. The Kier molecular flexibility index (Phi) is 9.17. The molecule has 1 heterocycles. The lowest BCUT2D eigenvalue weighted by molar-refractivity contribution is -0.117. The van der Waals surface area contributed by atoms with Crippen molar-refractivity contribution in [2.75, 3.05) is 0 Å². The second kappa shape index (κ2) is 9.81. The van der Waals surface area contributed by atoms with E-state index < -0.39 is 0 Å². The Hall–Kier alpha value is -1.18. The minimum absolute atomic E-state index is 0.265. The van der Waals surface area contributed by atoms with Gasteiger partial charge in [-0.3, -0.25) is 4.98 Å². The first kappa shape index (κ1) is 16.8. The monoisotopic (exact) mass is 249 g/mol. The predicted molar refractivity (Wildman–Crippen MR) is 77.9 cm³/mol. The van der Waals surface area contributed by atoms with Gasteiger partial charge < -0.3 is 4.79 Å². The van der Waals surface area contributed by atoms with Gasteiger partial charge in [0.05, 0.1) is 0 Å². The molecule has 0 fully saturated rings. The van der Waals surface area contributed by atoms with Crippen LogP contribution in [0.5, 0.6) is 0 Å². The Labute approximate surface area is 112 Å². The fraction of sp³-hybridized carbons (Fsp3) is 0.625. The van der Waals surface area contributed by atoms with E-state index in [9.17, 15) is 4.79 Å². The molecule has 2 nitrogen and oxygen atoms in total. The van der Waals surface area contributed by atoms with Crippen molar-refractivity contribution in [2.24, 2.45) is 0 Å². The standard InChI is InChI=1S/C14H21NO.C2H6/c1-4-6-13-9-11(2)15-14(10-13)8-5-7-12(3)16;1-2/h9-10H,4-8H2,1-3H3;1-2H3. The largest absolute Gasteiger partial charge is 0.300 e. The number of carbonyl (C=O) groups is 1. The van der Waals surface area contributed by atoms with E-state index in [1.54, 1.807) is 6.92 Å². The summed E-state index contributed by atoms with van der Waals surface area (Å²) in [7, 11) is 0. The molecule has 0 aliphatic rings. The molecule has 0 bridgehead atoms. The van der Waals surface area contributed by atoms with Gasteiger partial charge in [-0.25, -0.2) is 0 Å². The number of pyridine rings is 1. The van der Waals surface area contributed by atoms with Crippen LogP contribution in [0.4, 0.5) is 0 Å². The van der Waals surface area contributed by atoms with E-state index in [1.165, 1.54) is 5.56 Å². The molecule has 1 aromatic heterocycles. The SMILES string of the molecule is CC.CCCc1cc(C)nc(CCCC(C)=O)c1. The Morgan fingerprint density at radius 3 is 2.44 bits per heavy atom. The third kappa shape index (κ3) is 7.21. The summed E-state index contributed by atoms with van der Waals surface area (Å²) in [6.07, 6.45) is 4.77. The number of hydrogen-bond acceptors (Lipinski definition) is 2. The lowest BCUT2D eigenvalue weighted by Crippen LogP contribution is -1.98. The van der Waals surface area contributed by atoms with E-state index in [0.717, 1.165) is 37.1 Å². The molecular formula is C16H27NO. The van der Waals surface area contributed by atoms with Crippen LogP contribution in [0.3, 0.4) is 0 Å². The van der Waals surface area contributed by atoms with Gasteiger partial charge in [-0.2, -0.15) is 0 Å². The molecule has 0 radical (unpaired) electrons. The van der Waals surface area contributed by atoms with Crippen molar-refractivity contribution in [2.45, 2.75) is 66.7 Å². The zero-order valence-corrected chi connectivity index (χ0v) is 12.5. The summed E-state index contributed by atoms with van der Waals surface area (Å²) in [6, 6.07) is 4.33. The van der Waals surface area contributed by atoms with Gasteiger partial charge in [-0.05, 0) is 50.8 Å². The molecule has 0 N–H and O–H groups in total. The maximum absolute atomic E-state index is 10.8. The zero-order valence-electron chi connectivity index (χ0n) is 12.5. The number of hydrogen-bond donors (Lipinski definition) is 0. The normalized spacial score (nSPS) is 9.61. The first-order chi connectivity index (χ1) is 8.61. The van der Waals surface area contributed by atoms with Crippen LogP contribution in [0.1, 0.15) is 63.9 Å². The van der Waals surface area contributed by atoms with E-state index in [-0.39, 0.29) is 5.78 Å². The highest BCUT2D eigenvalue weighted by atomic mass is 16.1. The number of ketones is 1. The summed E-state index contributed by atoms with van der Waals surface area (Å²) in [5, 5.41) is 0. The van der Waals surface area contributed by atoms with Crippen LogP contribution >= 0.6 is 0 Å². The van der Waals surface area contributed by atoms with Gasteiger partial charge in [-0.15, -0.1) is 0 Å². The average Bonchev–Trinajstić information content (AvgIpc) is 2.31. The van der Waals surface area contributed by atoms with Crippen molar-refractivity contribution >= 4 is 5.78 Å². The van der Waals surface area contributed by atoms with Crippen LogP contribution in [0, 0.1) is 6.92 Å². The first-order valence-electron chi connectivity index (χ1n) is 7.07. The van der Waals surface area contributed by atoms with Crippen molar-refractivity contribution in [1.82, 2.24) is 4.98 Å². The van der Waals surface area contributed by atoms with Crippen molar-refractivity contribution in [3.63, 3.8) is 0 Å². The Morgan fingerprint density at radius 1 is 1.22 bits per heavy atom. The van der Waals surface area contributed by atoms with Crippen LogP contribution < -0.4 is 0 Å². The van der Waals surface area contributed by atoms with Crippen LogP contribution in [0.2, 0.25) is 0 Å². The van der Waals surface area contributed by atoms with Crippen molar-refractivity contribution in [1.29, 1.82) is 0 Å². The summed E-state index contributed by atoms with van der Waals surface area (Å²) in [5.74, 6) is 0.265. The summed E-state index contributed by atoms with van der Waals surface area (Å²) in [5.41, 5.74) is 3.58. The molecule has 0 saturated heterocycles. The van der Waals surface area contributed by atoms with Crippen LogP contribution in [0.15, 0.2) is 12.1 Å². The molecule has 0 spiro atoms. The van der Waals surface area contributed by atoms with Gasteiger partial charge in [-0.1, -0.05) is 27.2 Å². The summed E-state index contributed by atoms with van der Waals surface area (Å²) < 4.78 is 0.